The topological polar surface area (TPSA) is 55.8 Å². The molecule has 2 aromatic rings. The lowest BCUT2D eigenvalue weighted by atomic mass is 10.1. The van der Waals surface area contributed by atoms with Crippen LogP contribution in [0.5, 0.6) is 11.5 Å². The largest absolute Gasteiger partial charge is 0.465 e. The Hall–Kier alpha value is -2.82. The van der Waals surface area contributed by atoms with Crippen molar-refractivity contribution in [2.75, 3.05) is 14.2 Å². The molecule has 0 atom stereocenters. The Morgan fingerprint density at radius 3 is 2.39 bits per heavy atom. The Bertz CT molecular complexity index is 697. The van der Waals surface area contributed by atoms with Crippen LogP contribution in [0.3, 0.4) is 0 Å². The SMILES string of the molecule is COC(=O)c1ccc(Oc2ccccc2)c(CN(C)C(C)=O)c1. The van der Waals surface area contributed by atoms with Crippen molar-refractivity contribution in [2.24, 2.45) is 0 Å². The smallest absolute Gasteiger partial charge is 0.337 e. The number of para-hydroxylation sites is 1. The van der Waals surface area contributed by atoms with Gasteiger partial charge in [0, 0.05) is 26.1 Å². The fraction of sp³-hybridized carbons (Fsp3) is 0.222. The summed E-state index contributed by atoms with van der Waals surface area (Å²) in [5.74, 6) is 0.782. The first-order valence-corrected chi connectivity index (χ1v) is 7.17. The molecule has 0 aliphatic carbocycles. The minimum absolute atomic E-state index is 0.0702. The van der Waals surface area contributed by atoms with E-state index in [1.165, 1.54) is 14.0 Å². The number of esters is 1. The molecule has 0 N–H and O–H groups in total. The molecule has 1 amide bonds. The summed E-state index contributed by atoms with van der Waals surface area (Å²) in [6.45, 7) is 1.82. The molecule has 0 heterocycles. The molecule has 0 fully saturated rings. The molecule has 120 valence electrons. The van der Waals surface area contributed by atoms with Crippen molar-refractivity contribution < 1.29 is 19.1 Å². The van der Waals surface area contributed by atoms with Crippen molar-refractivity contribution in [1.82, 2.24) is 4.90 Å². The fourth-order valence-corrected chi connectivity index (χ4v) is 2.03. The lowest BCUT2D eigenvalue weighted by molar-refractivity contribution is -0.128. The van der Waals surface area contributed by atoms with E-state index >= 15 is 0 Å². The summed E-state index contributed by atoms with van der Waals surface area (Å²) in [6, 6.07) is 14.4. The molecule has 0 aromatic heterocycles. The van der Waals surface area contributed by atoms with E-state index in [9.17, 15) is 9.59 Å². The van der Waals surface area contributed by atoms with E-state index in [2.05, 4.69) is 0 Å². The van der Waals surface area contributed by atoms with Crippen molar-refractivity contribution in [3.63, 3.8) is 0 Å². The van der Waals surface area contributed by atoms with Gasteiger partial charge in [-0.2, -0.15) is 0 Å². The first-order chi connectivity index (χ1) is 11.0. The van der Waals surface area contributed by atoms with Gasteiger partial charge in [0.15, 0.2) is 0 Å². The van der Waals surface area contributed by atoms with Gasteiger partial charge in [-0.1, -0.05) is 18.2 Å². The van der Waals surface area contributed by atoms with E-state index in [4.69, 9.17) is 9.47 Å². The number of hydrogen-bond donors (Lipinski definition) is 0. The third kappa shape index (κ3) is 4.32. The van der Waals surface area contributed by atoms with Crippen molar-refractivity contribution in [3.05, 3.63) is 59.7 Å². The molecule has 0 radical (unpaired) electrons. The predicted molar refractivity (Wildman–Crippen MR) is 86.4 cm³/mol. The fourth-order valence-electron chi connectivity index (χ4n) is 2.03. The number of rotatable bonds is 5. The molecule has 0 spiro atoms. The molecule has 0 saturated heterocycles. The Morgan fingerprint density at radius 1 is 1.09 bits per heavy atom. The van der Waals surface area contributed by atoms with Crippen LogP contribution in [0.25, 0.3) is 0 Å². The summed E-state index contributed by atoms with van der Waals surface area (Å²) in [7, 11) is 3.03. The van der Waals surface area contributed by atoms with Crippen molar-refractivity contribution in [3.8, 4) is 11.5 Å². The molecule has 5 nitrogen and oxygen atoms in total. The van der Waals surface area contributed by atoms with Gasteiger partial charge in [0.05, 0.1) is 12.7 Å². The van der Waals surface area contributed by atoms with Crippen LogP contribution < -0.4 is 4.74 Å². The Balaban J connectivity index is 2.35. The second kappa shape index (κ2) is 7.45. The van der Waals surface area contributed by atoms with Crippen LogP contribution in [0, 0.1) is 0 Å². The maximum Gasteiger partial charge on any atom is 0.337 e. The molecule has 0 aliphatic heterocycles. The molecule has 0 unspecified atom stereocenters. The molecule has 0 saturated carbocycles. The Kier molecular flexibility index (Phi) is 5.36. The standard InChI is InChI=1S/C18H19NO4/c1-13(20)19(2)12-15-11-14(18(21)22-3)9-10-17(15)23-16-7-5-4-6-8-16/h4-11H,12H2,1-3H3. The van der Waals surface area contributed by atoms with E-state index < -0.39 is 5.97 Å². The maximum atomic E-state index is 11.7. The number of nitrogens with zero attached hydrogens (tertiary/aromatic N) is 1. The summed E-state index contributed by atoms with van der Waals surface area (Å²) in [5.41, 5.74) is 1.15. The first kappa shape index (κ1) is 16.5. The summed E-state index contributed by atoms with van der Waals surface area (Å²) in [5, 5.41) is 0. The summed E-state index contributed by atoms with van der Waals surface area (Å²) in [4.78, 5) is 24.7. The molecular weight excluding hydrogens is 294 g/mol. The molecule has 5 heteroatoms. The van der Waals surface area contributed by atoms with Crippen molar-refractivity contribution in [2.45, 2.75) is 13.5 Å². The normalized spacial score (nSPS) is 10.0. The predicted octanol–water partition coefficient (Wildman–Crippen LogP) is 3.24. The summed E-state index contributed by atoms with van der Waals surface area (Å²) < 4.78 is 10.6. The number of methoxy groups -OCH3 is 1. The number of amides is 1. The van der Waals surface area contributed by atoms with Crippen LogP contribution >= 0.6 is 0 Å². The average molecular weight is 313 g/mol. The summed E-state index contributed by atoms with van der Waals surface area (Å²) in [6.07, 6.45) is 0. The van der Waals surface area contributed by atoms with Gasteiger partial charge in [-0.15, -0.1) is 0 Å². The quantitative estimate of drug-likeness (QED) is 0.795. The zero-order valence-corrected chi connectivity index (χ0v) is 13.4. The van der Waals surface area contributed by atoms with Crippen LogP contribution in [0.1, 0.15) is 22.8 Å². The van der Waals surface area contributed by atoms with Crippen molar-refractivity contribution in [1.29, 1.82) is 0 Å². The highest BCUT2D eigenvalue weighted by atomic mass is 16.5. The van der Waals surface area contributed by atoms with Crippen LogP contribution in [0.15, 0.2) is 48.5 Å². The third-order valence-corrected chi connectivity index (χ3v) is 3.40. The van der Waals surface area contributed by atoms with E-state index in [0.29, 0.717) is 23.6 Å². The van der Waals surface area contributed by atoms with Gasteiger partial charge < -0.3 is 14.4 Å². The van der Waals surface area contributed by atoms with Crippen LogP contribution in [-0.4, -0.2) is 30.9 Å². The number of benzene rings is 2. The van der Waals surface area contributed by atoms with Gasteiger partial charge in [-0.05, 0) is 30.3 Å². The molecule has 0 aliphatic rings. The molecule has 23 heavy (non-hydrogen) atoms. The van der Waals surface area contributed by atoms with Gasteiger partial charge in [0.25, 0.3) is 0 Å². The monoisotopic (exact) mass is 313 g/mol. The lowest BCUT2D eigenvalue weighted by Gasteiger charge is -2.18. The second-order valence-corrected chi connectivity index (χ2v) is 5.10. The van der Waals surface area contributed by atoms with E-state index in [1.54, 1.807) is 30.1 Å². The first-order valence-electron chi connectivity index (χ1n) is 7.17. The highest BCUT2D eigenvalue weighted by Crippen LogP contribution is 2.27. The van der Waals surface area contributed by atoms with Crippen molar-refractivity contribution >= 4 is 11.9 Å². The lowest BCUT2D eigenvalue weighted by Crippen LogP contribution is -2.23. The molecule has 2 aromatic carbocycles. The van der Waals surface area contributed by atoms with Gasteiger partial charge in [-0.25, -0.2) is 4.79 Å². The zero-order valence-electron chi connectivity index (χ0n) is 13.4. The van der Waals surface area contributed by atoms with E-state index in [0.717, 1.165) is 5.56 Å². The Labute approximate surface area is 135 Å². The van der Waals surface area contributed by atoms with Gasteiger partial charge >= 0.3 is 5.97 Å². The Morgan fingerprint density at radius 2 is 1.78 bits per heavy atom. The second-order valence-electron chi connectivity index (χ2n) is 5.10. The van der Waals surface area contributed by atoms with Gasteiger partial charge in [0.2, 0.25) is 5.91 Å². The van der Waals surface area contributed by atoms with Gasteiger partial charge in [-0.3, -0.25) is 4.79 Å². The van der Waals surface area contributed by atoms with E-state index in [1.807, 2.05) is 30.3 Å². The minimum Gasteiger partial charge on any atom is -0.465 e. The highest BCUT2D eigenvalue weighted by molar-refractivity contribution is 5.89. The number of ether oxygens (including phenoxy) is 2. The van der Waals surface area contributed by atoms with Crippen LogP contribution in [-0.2, 0) is 16.1 Å². The van der Waals surface area contributed by atoms with Crippen LogP contribution in [0.4, 0.5) is 0 Å². The zero-order chi connectivity index (χ0) is 16.8. The third-order valence-electron chi connectivity index (χ3n) is 3.40. The summed E-state index contributed by atoms with van der Waals surface area (Å²) >= 11 is 0. The molecular formula is C18H19NO4. The number of carbonyl (C=O) groups is 2. The highest BCUT2D eigenvalue weighted by Gasteiger charge is 2.14. The maximum absolute atomic E-state index is 11.7. The molecule has 2 rings (SSSR count). The number of carbonyl (C=O) groups excluding carboxylic acids is 2. The van der Waals surface area contributed by atoms with E-state index in [-0.39, 0.29) is 5.91 Å². The van der Waals surface area contributed by atoms with Gasteiger partial charge in [0.1, 0.15) is 11.5 Å². The average Bonchev–Trinajstić information content (AvgIpc) is 2.56. The van der Waals surface area contributed by atoms with Crippen LogP contribution in [0.2, 0.25) is 0 Å². The minimum atomic E-state index is -0.428. The number of hydrogen-bond acceptors (Lipinski definition) is 4. The molecule has 0 bridgehead atoms.